The number of ether oxygens (including phenoxy) is 3. The van der Waals surface area contributed by atoms with Crippen LogP contribution in [0.25, 0.3) is 0 Å². The average Bonchev–Trinajstić information content (AvgIpc) is 2.66. The summed E-state index contributed by atoms with van der Waals surface area (Å²) in [6.07, 6.45) is 0. The molecule has 0 saturated carbocycles. The van der Waals surface area contributed by atoms with Gasteiger partial charge in [0.25, 0.3) is 0 Å². The summed E-state index contributed by atoms with van der Waals surface area (Å²) in [6, 6.07) is 7.16. The zero-order chi connectivity index (χ0) is 18.8. The van der Waals surface area contributed by atoms with Crippen molar-refractivity contribution < 1.29 is 28.6 Å². The van der Waals surface area contributed by atoms with Gasteiger partial charge in [0.1, 0.15) is 23.4 Å². The minimum Gasteiger partial charge on any atom is -0.497 e. The van der Waals surface area contributed by atoms with Crippen molar-refractivity contribution in [2.75, 3.05) is 20.0 Å². The van der Waals surface area contributed by atoms with Gasteiger partial charge in [-0.25, -0.2) is 4.79 Å². The average molecular weight is 377 g/mol. The van der Waals surface area contributed by atoms with Crippen molar-refractivity contribution in [3.63, 3.8) is 0 Å². The first-order valence-corrected chi connectivity index (χ1v) is 9.05. The van der Waals surface area contributed by atoms with Gasteiger partial charge in [-0.15, -0.1) is 11.8 Å². The maximum atomic E-state index is 12.6. The van der Waals surface area contributed by atoms with Crippen LogP contribution in [0, 0.1) is 5.92 Å². The minimum atomic E-state index is -0.859. The van der Waals surface area contributed by atoms with Gasteiger partial charge >= 0.3 is 11.9 Å². The molecule has 2 aliphatic rings. The van der Waals surface area contributed by atoms with Crippen LogP contribution in [0.2, 0.25) is 0 Å². The summed E-state index contributed by atoms with van der Waals surface area (Å²) in [4.78, 5) is 38.0. The molecule has 1 amide bonds. The molecule has 2 aliphatic heterocycles. The third-order valence-corrected chi connectivity index (χ3v) is 5.76. The van der Waals surface area contributed by atoms with Crippen molar-refractivity contribution in [2.45, 2.75) is 18.9 Å². The first kappa shape index (κ1) is 18.3. The molecular weight excluding hydrogens is 358 g/mol. The molecule has 0 unspecified atom stereocenters. The molecule has 0 aromatic heterocycles. The van der Waals surface area contributed by atoms with E-state index in [0.717, 1.165) is 11.1 Å². The molecule has 2 heterocycles. The molecule has 1 aromatic carbocycles. The summed E-state index contributed by atoms with van der Waals surface area (Å²) < 4.78 is 15.1. The third-order valence-electron chi connectivity index (χ3n) is 4.34. The number of hydrogen-bond donors (Lipinski definition) is 0. The molecule has 1 fully saturated rings. The normalized spacial score (nSPS) is 21.7. The van der Waals surface area contributed by atoms with E-state index in [-0.39, 0.29) is 12.3 Å². The summed E-state index contributed by atoms with van der Waals surface area (Å²) in [5, 5.41) is -0.415. The Labute approximate surface area is 155 Å². The molecule has 1 aromatic rings. The van der Waals surface area contributed by atoms with E-state index in [0.29, 0.717) is 11.5 Å². The topological polar surface area (TPSA) is 82.1 Å². The van der Waals surface area contributed by atoms with Gasteiger partial charge in [0.2, 0.25) is 5.91 Å². The van der Waals surface area contributed by atoms with Crippen LogP contribution in [0.5, 0.6) is 5.75 Å². The van der Waals surface area contributed by atoms with Crippen molar-refractivity contribution in [2.24, 2.45) is 5.92 Å². The van der Waals surface area contributed by atoms with Gasteiger partial charge < -0.3 is 14.2 Å². The van der Waals surface area contributed by atoms with Crippen LogP contribution >= 0.6 is 11.8 Å². The van der Waals surface area contributed by atoms with Crippen LogP contribution in [0.15, 0.2) is 35.5 Å². The Balaban J connectivity index is 1.69. The number of β-lactam (4-membered cyclic amide) rings is 1. The number of benzene rings is 1. The highest BCUT2D eigenvalue weighted by Gasteiger charge is 2.57. The maximum absolute atomic E-state index is 12.6. The number of amides is 1. The van der Waals surface area contributed by atoms with E-state index in [4.69, 9.17) is 9.47 Å². The Morgan fingerprint density at radius 1 is 1.23 bits per heavy atom. The monoisotopic (exact) mass is 377 g/mol. The number of rotatable bonds is 5. The number of thioether (sulfide) groups is 1. The molecular formula is C18H19NO6S. The summed E-state index contributed by atoms with van der Waals surface area (Å²) >= 11 is 1.44. The van der Waals surface area contributed by atoms with Crippen LogP contribution in [0.4, 0.5) is 0 Å². The fourth-order valence-electron chi connectivity index (χ4n) is 2.91. The van der Waals surface area contributed by atoms with Gasteiger partial charge in [0.15, 0.2) is 5.92 Å². The third kappa shape index (κ3) is 3.16. The molecule has 0 bridgehead atoms. The smallest absolute Gasteiger partial charge is 0.355 e. The van der Waals surface area contributed by atoms with E-state index >= 15 is 0 Å². The lowest BCUT2D eigenvalue weighted by Crippen LogP contribution is -2.64. The highest BCUT2D eigenvalue weighted by Crippen LogP contribution is 2.44. The second-order valence-electron chi connectivity index (χ2n) is 5.96. The van der Waals surface area contributed by atoms with E-state index in [1.54, 1.807) is 38.3 Å². The molecule has 138 valence electrons. The molecule has 7 nitrogen and oxygen atoms in total. The van der Waals surface area contributed by atoms with E-state index in [9.17, 15) is 14.4 Å². The number of hydrogen-bond acceptors (Lipinski definition) is 7. The van der Waals surface area contributed by atoms with E-state index in [1.165, 1.54) is 23.8 Å². The minimum absolute atomic E-state index is 0.0832. The number of methoxy groups -OCH3 is 2. The molecule has 0 aliphatic carbocycles. The zero-order valence-electron chi connectivity index (χ0n) is 14.7. The predicted molar refractivity (Wildman–Crippen MR) is 94.1 cm³/mol. The van der Waals surface area contributed by atoms with Gasteiger partial charge in [-0.1, -0.05) is 12.1 Å². The maximum Gasteiger partial charge on any atom is 0.355 e. The Morgan fingerprint density at radius 3 is 2.54 bits per heavy atom. The summed E-state index contributed by atoms with van der Waals surface area (Å²) in [7, 11) is 2.82. The fourth-order valence-corrected chi connectivity index (χ4v) is 4.25. The highest BCUT2D eigenvalue weighted by molar-refractivity contribution is 8.00. The fraction of sp³-hybridized carbons (Fsp3) is 0.389. The molecule has 8 heteroatoms. The Kier molecular flexibility index (Phi) is 5.22. The molecule has 0 N–H and O–H groups in total. The van der Waals surface area contributed by atoms with Crippen LogP contribution < -0.4 is 4.74 Å². The van der Waals surface area contributed by atoms with Gasteiger partial charge in [0.05, 0.1) is 14.2 Å². The second kappa shape index (κ2) is 7.41. The number of esters is 2. The lowest BCUT2D eigenvalue weighted by Gasteiger charge is -2.48. The Morgan fingerprint density at radius 2 is 1.92 bits per heavy atom. The number of carbonyl (C=O) groups is 3. The number of carbonyl (C=O) groups excluding carboxylic acids is 3. The van der Waals surface area contributed by atoms with Crippen molar-refractivity contribution in [3.8, 4) is 5.75 Å². The largest absolute Gasteiger partial charge is 0.497 e. The van der Waals surface area contributed by atoms with Gasteiger partial charge in [-0.2, -0.15) is 0 Å². The summed E-state index contributed by atoms with van der Waals surface area (Å²) in [5.74, 6) is -1.16. The van der Waals surface area contributed by atoms with Crippen molar-refractivity contribution >= 4 is 29.6 Å². The van der Waals surface area contributed by atoms with E-state index < -0.39 is 29.1 Å². The van der Waals surface area contributed by atoms with Gasteiger partial charge in [0, 0.05) is 5.75 Å². The van der Waals surface area contributed by atoms with Crippen LogP contribution in [-0.2, 0) is 30.5 Å². The standard InChI is InChI=1S/C18H19NO6S/c1-10-9-26-16-13(17(21)24-3)15(20)19(16)14(10)18(22)25-8-11-4-6-12(23-2)7-5-11/h4-7,13,16H,8-9H2,1-3H3/t13-,16-/m1/s1. The molecule has 2 atom stereocenters. The second-order valence-corrected chi connectivity index (χ2v) is 7.07. The molecule has 1 saturated heterocycles. The Bertz CT molecular complexity index is 772. The van der Waals surface area contributed by atoms with Crippen molar-refractivity contribution in [3.05, 3.63) is 41.1 Å². The lowest BCUT2D eigenvalue weighted by molar-refractivity contribution is -0.167. The highest BCUT2D eigenvalue weighted by atomic mass is 32.2. The van der Waals surface area contributed by atoms with Crippen molar-refractivity contribution in [1.82, 2.24) is 4.90 Å². The zero-order valence-corrected chi connectivity index (χ0v) is 15.5. The van der Waals surface area contributed by atoms with Crippen LogP contribution in [-0.4, -0.2) is 48.1 Å². The predicted octanol–water partition coefficient (Wildman–Crippen LogP) is 1.72. The summed E-state index contributed by atoms with van der Waals surface area (Å²) in [5.41, 5.74) is 1.79. The van der Waals surface area contributed by atoms with E-state index in [1.807, 2.05) is 0 Å². The quantitative estimate of drug-likeness (QED) is 0.439. The van der Waals surface area contributed by atoms with Crippen LogP contribution in [0.1, 0.15) is 12.5 Å². The molecule has 3 rings (SSSR count). The molecule has 0 spiro atoms. The van der Waals surface area contributed by atoms with Crippen LogP contribution in [0.3, 0.4) is 0 Å². The SMILES string of the molecule is COC(=O)[C@@H]1C(=O)N2C(C(=O)OCc3ccc(OC)cc3)=C(C)CS[C@H]12. The Hall–Kier alpha value is -2.48. The van der Waals surface area contributed by atoms with E-state index in [2.05, 4.69) is 4.74 Å². The number of fused-ring (bicyclic) bond motifs is 1. The van der Waals surface area contributed by atoms with Gasteiger partial charge in [-0.3, -0.25) is 14.5 Å². The molecule has 26 heavy (non-hydrogen) atoms. The number of nitrogens with zero attached hydrogens (tertiary/aromatic N) is 1. The molecule has 0 radical (unpaired) electrons. The first-order valence-electron chi connectivity index (χ1n) is 8.00. The van der Waals surface area contributed by atoms with Crippen molar-refractivity contribution in [1.29, 1.82) is 0 Å². The summed E-state index contributed by atoms with van der Waals surface area (Å²) in [6.45, 7) is 1.87. The van der Waals surface area contributed by atoms with Gasteiger partial charge in [-0.05, 0) is 30.2 Å². The first-order chi connectivity index (χ1) is 12.5. The lowest BCUT2D eigenvalue weighted by atomic mass is 9.96.